The summed E-state index contributed by atoms with van der Waals surface area (Å²) in [6.07, 6.45) is 3.18. The third kappa shape index (κ3) is 4.53. The molecule has 2 heterocycles. The van der Waals surface area contributed by atoms with Crippen LogP contribution in [-0.4, -0.2) is 17.6 Å². The van der Waals surface area contributed by atoms with Crippen molar-refractivity contribution in [1.29, 1.82) is 0 Å². The first-order valence-electron chi connectivity index (χ1n) is 7.60. The van der Waals surface area contributed by atoms with Gasteiger partial charge in [-0.05, 0) is 45.2 Å². The number of hydrogen-bond acceptors (Lipinski definition) is 5. The summed E-state index contributed by atoms with van der Waals surface area (Å²) in [5.74, 6) is 0. The number of rotatable bonds is 8. The molecule has 116 valence electrons. The van der Waals surface area contributed by atoms with Gasteiger partial charge < -0.3 is 10.2 Å². The Kier molecular flexibility index (Phi) is 6.21. The minimum absolute atomic E-state index is 0.381. The lowest BCUT2D eigenvalue weighted by Crippen LogP contribution is -2.29. The van der Waals surface area contributed by atoms with Crippen molar-refractivity contribution in [1.82, 2.24) is 10.3 Å². The Balaban J connectivity index is 2.08. The molecule has 5 heteroatoms. The van der Waals surface area contributed by atoms with E-state index in [0.29, 0.717) is 12.1 Å². The summed E-state index contributed by atoms with van der Waals surface area (Å²) < 4.78 is 0. The third-order valence-electron chi connectivity index (χ3n) is 3.41. The second-order valence-corrected chi connectivity index (χ2v) is 7.59. The summed E-state index contributed by atoms with van der Waals surface area (Å²) >= 11 is 3.62. The smallest absolute Gasteiger partial charge is 0.186 e. The van der Waals surface area contributed by atoms with Crippen LogP contribution in [0.1, 0.15) is 49.9 Å². The van der Waals surface area contributed by atoms with Crippen LogP contribution in [0.15, 0.2) is 23.7 Å². The molecule has 2 aromatic rings. The van der Waals surface area contributed by atoms with E-state index in [1.807, 2.05) is 17.5 Å². The molecule has 1 atom stereocenters. The minimum atomic E-state index is 0.381. The second kappa shape index (κ2) is 7.92. The fourth-order valence-electron chi connectivity index (χ4n) is 2.11. The van der Waals surface area contributed by atoms with Crippen LogP contribution in [0, 0.1) is 0 Å². The summed E-state index contributed by atoms with van der Waals surface area (Å²) in [7, 11) is 0. The molecule has 1 N–H and O–H groups in total. The zero-order valence-electron chi connectivity index (χ0n) is 13.3. The van der Waals surface area contributed by atoms with Crippen LogP contribution in [0.4, 0.5) is 5.13 Å². The quantitative estimate of drug-likeness (QED) is 0.764. The topological polar surface area (TPSA) is 28.2 Å². The number of thiazole rings is 1. The second-order valence-electron chi connectivity index (χ2n) is 5.52. The van der Waals surface area contributed by atoms with Crippen molar-refractivity contribution in [2.24, 2.45) is 0 Å². The summed E-state index contributed by atoms with van der Waals surface area (Å²) in [6, 6.07) is 5.14. The van der Waals surface area contributed by atoms with Gasteiger partial charge in [0.15, 0.2) is 5.13 Å². The van der Waals surface area contributed by atoms with Crippen molar-refractivity contribution in [3.8, 4) is 0 Å². The third-order valence-corrected chi connectivity index (χ3v) is 5.49. The summed E-state index contributed by atoms with van der Waals surface area (Å²) in [5.41, 5.74) is 0. The lowest BCUT2D eigenvalue weighted by atomic mass is 10.3. The van der Waals surface area contributed by atoms with E-state index >= 15 is 0 Å². The predicted molar refractivity (Wildman–Crippen MR) is 94.5 cm³/mol. The molecule has 3 nitrogen and oxygen atoms in total. The molecule has 0 aromatic carbocycles. The van der Waals surface area contributed by atoms with E-state index in [1.54, 1.807) is 11.3 Å². The standard InChI is InChI=1S/C16H25N3S2/c1-5-8-17-13(4)15-10-18-16(21-15)19(12(2)3)11-14-7-6-9-20-14/h6-7,9-10,12-13,17H,5,8,11H2,1-4H3. The van der Waals surface area contributed by atoms with Crippen LogP contribution in [-0.2, 0) is 6.54 Å². The highest BCUT2D eigenvalue weighted by atomic mass is 32.1. The van der Waals surface area contributed by atoms with Crippen molar-refractivity contribution in [2.45, 2.75) is 52.7 Å². The first-order valence-corrected chi connectivity index (χ1v) is 9.29. The lowest BCUT2D eigenvalue weighted by Gasteiger charge is -2.25. The highest BCUT2D eigenvalue weighted by Crippen LogP contribution is 2.30. The summed E-state index contributed by atoms with van der Waals surface area (Å²) in [5, 5.41) is 6.79. The number of nitrogens with one attached hydrogen (secondary N) is 1. The molecule has 0 radical (unpaired) electrons. The van der Waals surface area contributed by atoms with Gasteiger partial charge >= 0.3 is 0 Å². The zero-order valence-corrected chi connectivity index (χ0v) is 14.9. The molecule has 21 heavy (non-hydrogen) atoms. The molecule has 0 fully saturated rings. The zero-order chi connectivity index (χ0) is 15.2. The summed E-state index contributed by atoms with van der Waals surface area (Å²) in [4.78, 5) is 9.74. The van der Waals surface area contributed by atoms with E-state index in [-0.39, 0.29) is 0 Å². The Morgan fingerprint density at radius 1 is 1.33 bits per heavy atom. The average Bonchev–Trinajstić information content (AvgIpc) is 3.12. The minimum Gasteiger partial charge on any atom is -0.341 e. The highest BCUT2D eigenvalue weighted by Gasteiger charge is 2.17. The van der Waals surface area contributed by atoms with Crippen LogP contribution in [0.25, 0.3) is 0 Å². The maximum absolute atomic E-state index is 4.66. The molecule has 2 aromatic heterocycles. The van der Waals surface area contributed by atoms with Crippen molar-refractivity contribution in [3.05, 3.63) is 33.5 Å². The first kappa shape index (κ1) is 16.5. The Morgan fingerprint density at radius 2 is 2.14 bits per heavy atom. The van der Waals surface area contributed by atoms with Crippen LogP contribution in [0.5, 0.6) is 0 Å². The normalized spacial score (nSPS) is 12.8. The van der Waals surface area contributed by atoms with Crippen molar-refractivity contribution < 1.29 is 0 Å². The van der Waals surface area contributed by atoms with Crippen molar-refractivity contribution in [2.75, 3.05) is 11.4 Å². The van der Waals surface area contributed by atoms with Gasteiger partial charge in [0.05, 0.1) is 6.54 Å². The molecule has 0 aliphatic heterocycles. The lowest BCUT2D eigenvalue weighted by molar-refractivity contribution is 0.577. The fraction of sp³-hybridized carbons (Fsp3) is 0.562. The summed E-state index contributed by atoms with van der Waals surface area (Å²) in [6.45, 7) is 10.9. The van der Waals surface area contributed by atoms with Gasteiger partial charge in [-0.15, -0.1) is 22.7 Å². The average molecular weight is 324 g/mol. The van der Waals surface area contributed by atoms with Gasteiger partial charge in [0.2, 0.25) is 0 Å². The molecule has 0 amide bonds. The largest absolute Gasteiger partial charge is 0.341 e. The van der Waals surface area contributed by atoms with Crippen LogP contribution in [0.3, 0.4) is 0 Å². The molecule has 0 aliphatic carbocycles. The number of nitrogens with zero attached hydrogens (tertiary/aromatic N) is 2. The molecule has 0 aliphatic rings. The van der Waals surface area contributed by atoms with Gasteiger partial charge in [-0.3, -0.25) is 0 Å². The van der Waals surface area contributed by atoms with Crippen LogP contribution in [0.2, 0.25) is 0 Å². The van der Waals surface area contributed by atoms with E-state index < -0.39 is 0 Å². The number of anilines is 1. The van der Waals surface area contributed by atoms with Crippen molar-refractivity contribution >= 4 is 27.8 Å². The molecule has 0 saturated heterocycles. The molecule has 0 saturated carbocycles. The number of hydrogen-bond donors (Lipinski definition) is 1. The Labute approximate surface area is 136 Å². The van der Waals surface area contributed by atoms with E-state index in [1.165, 1.54) is 9.75 Å². The molecule has 2 rings (SSSR count). The molecule has 0 spiro atoms. The highest BCUT2D eigenvalue weighted by molar-refractivity contribution is 7.15. The molecule has 1 unspecified atom stereocenters. The van der Waals surface area contributed by atoms with E-state index in [2.05, 4.69) is 60.4 Å². The van der Waals surface area contributed by atoms with E-state index in [4.69, 9.17) is 0 Å². The first-order chi connectivity index (χ1) is 10.1. The van der Waals surface area contributed by atoms with Crippen LogP contribution >= 0.6 is 22.7 Å². The maximum atomic E-state index is 4.66. The fourth-order valence-corrected chi connectivity index (χ4v) is 3.89. The maximum Gasteiger partial charge on any atom is 0.186 e. The van der Waals surface area contributed by atoms with E-state index in [0.717, 1.165) is 24.6 Å². The van der Waals surface area contributed by atoms with Gasteiger partial charge in [0.25, 0.3) is 0 Å². The van der Waals surface area contributed by atoms with Crippen molar-refractivity contribution in [3.63, 3.8) is 0 Å². The Morgan fingerprint density at radius 3 is 2.76 bits per heavy atom. The Hall–Kier alpha value is -0.910. The van der Waals surface area contributed by atoms with Gasteiger partial charge in [-0.25, -0.2) is 4.98 Å². The number of thiophene rings is 1. The van der Waals surface area contributed by atoms with E-state index in [9.17, 15) is 0 Å². The van der Waals surface area contributed by atoms with Gasteiger partial charge in [-0.1, -0.05) is 13.0 Å². The van der Waals surface area contributed by atoms with Gasteiger partial charge in [-0.2, -0.15) is 0 Å². The molecule has 0 bridgehead atoms. The van der Waals surface area contributed by atoms with Gasteiger partial charge in [0.1, 0.15) is 0 Å². The molecular weight excluding hydrogens is 298 g/mol. The SMILES string of the molecule is CCCNC(C)c1cnc(N(Cc2cccs2)C(C)C)s1. The molecular formula is C16H25N3S2. The number of aromatic nitrogens is 1. The predicted octanol–water partition coefficient (Wildman–Crippen LogP) is 4.68. The monoisotopic (exact) mass is 323 g/mol. The van der Waals surface area contributed by atoms with Gasteiger partial charge in [0, 0.05) is 28.0 Å². The Bertz CT molecular complexity index is 519. The van der Waals surface area contributed by atoms with Crippen LogP contribution < -0.4 is 10.2 Å².